The van der Waals surface area contributed by atoms with Crippen molar-refractivity contribution < 1.29 is 9.53 Å². The van der Waals surface area contributed by atoms with E-state index in [1.54, 1.807) is 37.6 Å². The van der Waals surface area contributed by atoms with Gasteiger partial charge in [-0.05, 0) is 41.8 Å². The lowest BCUT2D eigenvalue weighted by Gasteiger charge is -2.14. The summed E-state index contributed by atoms with van der Waals surface area (Å²) in [6.07, 6.45) is 1.70. The molecule has 0 spiro atoms. The summed E-state index contributed by atoms with van der Waals surface area (Å²) in [5, 5.41) is 6.18. The summed E-state index contributed by atoms with van der Waals surface area (Å²) in [6, 6.07) is 18.9. The molecule has 1 heterocycles. The minimum atomic E-state index is -0.259. The first-order chi connectivity index (χ1) is 13.1. The van der Waals surface area contributed by atoms with E-state index < -0.39 is 0 Å². The van der Waals surface area contributed by atoms with Crippen molar-refractivity contribution >= 4 is 23.1 Å². The predicted octanol–water partition coefficient (Wildman–Crippen LogP) is 5.21. The zero-order valence-corrected chi connectivity index (χ0v) is 15.7. The van der Waals surface area contributed by atoms with Crippen molar-refractivity contribution in [1.82, 2.24) is 4.98 Å². The van der Waals surface area contributed by atoms with Gasteiger partial charge in [-0.25, -0.2) is 4.98 Å². The Hall–Kier alpha value is -3.34. The standard InChI is InChI=1S/C22H23N3O2/c1-15(2)17-8-4-6-10-19(17)24-16-12-13-21(23-14-16)25-22(26)18-9-5-7-11-20(18)27-3/h4-15,24H,1-3H3,(H,23,25,26). The van der Waals surface area contributed by atoms with E-state index >= 15 is 0 Å². The van der Waals surface area contributed by atoms with Gasteiger partial charge in [-0.2, -0.15) is 0 Å². The van der Waals surface area contributed by atoms with Crippen molar-refractivity contribution in [2.24, 2.45) is 0 Å². The van der Waals surface area contributed by atoms with Crippen LogP contribution in [0, 0.1) is 0 Å². The molecule has 3 aromatic rings. The van der Waals surface area contributed by atoms with Gasteiger partial charge in [0.1, 0.15) is 11.6 Å². The van der Waals surface area contributed by atoms with E-state index in [1.807, 2.05) is 30.3 Å². The van der Waals surface area contributed by atoms with Crippen molar-refractivity contribution in [3.63, 3.8) is 0 Å². The molecule has 0 atom stereocenters. The number of hydrogen-bond acceptors (Lipinski definition) is 4. The number of nitrogens with one attached hydrogen (secondary N) is 2. The van der Waals surface area contributed by atoms with Gasteiger partial charge in [0.25, 0.3) is 5.91 Å². The van der Waals surface area contributed by atoms with E-state index in [9.17, 15) is 4.79 Å². The van der Waals surface area contributed by atoms with Gasteiger partial charge in [0, 0.05) is 5.69 Å². The number of aromatic nitrogens is 1. The van der Waals surface area contributed by atoms with E-state index in [0.29, 0.717) is 23.0 Å². The van der Waals surface area contributed by atoms with Gasteiger partial charge in [0.05, 0.1) is 24.6 Å². The van der Waals surface area contributed by atoms with Crippen LogP contribution in [0.5, 0.6) is 5.75 Å². The first-order valence-corrected chi connectivity index (χ1v) is 8.85. The Morgan fingerprint density at radius 1 is 1.00 bits per heavy atom. The Morgan fingerprint density at radius 2 is 1.74 bits per heavy atom. The van der Waals surface area contributed by atoms with E-state index in [4.69, 9.17) is 4.74 Å². The Kier molecular flexibility index (Phi) is 5.71. The van der Waals surface area contributed by atoms with Crippen molar-refractivity contribution in [1.29, 1.82) is 0 Å². The Balaban J connectivity index is 1.72. The van der Waals surface area contributed by atoms with Crippen LogP contribution in [0.2, 0.25) is 0 Å². The zero-order valence-electron chi connectivity index (χ0n) is 15.7. The maximum absolute atomic E-state index is 12.4. The van der Waals surface area contributed by atoms with Gasteiger partial charge in [-0.1, -0.05) is 44.2 Å². The summed E-state index contributed by atoms with van der Waals surface area (Å²) >= 11 is 0. The van der Waals surface area contributed by atoms with Crippen LogP contribution < -0.4 is 15.4 Å². The van der Waals surface area contributed by atoms with Gasteiger partial charge < -0.3 is 15.4 Å². The van der Waals surface area contributed by atoms with Crippen molar-refractivity contribution in [2.45, 2.75) is 19.8 Å². The second-order valence-electron chi connectivity index (χ2n) is 6.45. The molecule has 0 radical (unpaired) electrons. The monoisotopic (exact) mass is 361 g/mol. The van der Waals surface area contributed by atoms with E-state index in [0.717, 1.165) is 11.4 Å². The van der Waals surface area contributed by atoms with Crippen LogP contribution in [0.3, 0.4) is 0 Å². The number of ether oxygens (including phenoxy) is 1. The lowest BCUT2D eigenvalue weighted by atomic mass is 10.0. The number of anilines is 3. The Bertz CT molecular complexity index is 921. The molecule has 0 fully saturated rings. The number of carbonyl (C=O) groups is 1. The van der Waals surface area contributed by atoms with Crippen molar-refractivity contribution in [3.8, 4) is 5.75 Å². The van der Waals surface area contributed by atoms with Crippen molar-refractivity contribution in [3.05, 3.63) is 78.0 Å². The van der Waals surface area contributed by atoms with Gasteiger partial charge >= 0.3 is 0 Å². The molecule has 5 heteroatoms. The summed E-state index contributed by atoms with van der Waals surface area (Å²) in [7, 11) is 1.54. The quantitative estimate of drug-likeness (QED) is 0.633. The zero-order chi connectivity index (χ0) is 19.2. The number of nitrogens with zero attached hydrogens (tertiary/aromatic N) is 1. The third-order valence-electron chi connectivity index (χ3n) is 4.22. The number of para-hydroxylation sites is 2. The number of methoxy groups -OCH3 is 1. The Labute approximate surface area is 159 Å². The number of rotatable bonds is 6. The number of pyridine rings is 1. The van der Waals surface area contributed by atoms with E-state index in [1.165, 1.54) is 5.56 Å². The summed E-state index contributed by atoms with van der Waals surface area (Å²) < 4.78 is 5.23. The van der Waals surface area contributed by atoms with Crippen LogP contribution in [0.4, 0.5) is 17.2 Å². The second kappa shape index (κ2) is 8.36. The SMILES string of the molecule is COc1ccccc1C(=O)Nc1ccc(Nc2ccccc2C(C)C)cn1. The lowest BCUT2D eigenvalue weighted by molar-refractivity contribution is 0.102. The highest BCUT2D eigenvalue weighted by atomic mass is 16.5. The molecule has 0 saturated heterocycles. The molecule has 138 valence electrons. The molecule has 0 aliphatic heterocycles. The maximum atomic E-state index is 12.4. The van der Waals surface area contributed by atoms with Gasteiger partial charge in [0.2, 0.25) is 0 Å². The number of benzene rings is 2. The summed E-state index contributed by atoms with van der Waals surface area (Å²) in [6.45, 7) is 4.32. The van der Waals surface area contributed by atoms with Crippen LogP contribution in [0.25, 0.3) is 0 Å². The van der Waals surface area contributed by atoms with Crippen LogP contribution in [0.1, 0.15) is 35.7 Å². The van der Waals surface area contributed by atoms with Crippen LogP contribution in [0.15, 0.2) is 66.9 Å². The van der Waals surface area contributed by atoms with Gasteiger partial charge in [0.15, 0.2) is 0 Å². The van der Waals surface area contributed by atoms with E-state index in [2.05, 4.69) is 35.5 Å². The molecule has 3 rings (SSSR count). The normalized spacial score (nSPS) is 10.5. The maximum Gasteiger partial charge on any atom is 0.260 e. The first kappa shape index (κ1) is 18.5. The fraction of sp³-hybridized carbons (Fsp3) is 0.182. The topological polar surface area (TPSA) is 63.2 Å². The average molecular weight is 361 g/mol. The Morgan fingerprint density at radius 3 is 2.44 bits per heavy atom. The summed E-state index contributed by atoms with van der Waals surface area (Å²) in [5.74, 6) is 1.17. The molecule has 2 N–H and O–H groups in total. The van der Waals surface area contributed by atoms with Gasteiger partial charge in [-0.15, -0.1) is 0 Å². The predicted molar refractivity (Wildman–Crippen MR) is 109 cm³/mol. The van der Waals surface area contributed by atoms with Crippen LogP contribution >= 0.6 is 0 Å². The fourth-order valence-electron chi connectivity index (χ4n) is 2.83. The number of amides is 1. The molecule has 2 aromatic carbocycles. The lowest BCUT2D eigenvalue weighted by Crippen LogP contribution is -2.14. The van der Waals surface area contributed by atoms with Crippen molar-refractivity contribution in [2.75, 3.05) is 17.7 Å². The third kappa shape index (κ3) is 4.44. The molecule has 0 aliphatic carbocycles. The molecule has 1 aromatic heterocycles. The van der Waals surface area contributed by atoms with E-state index in [-0.39, 0.29) is 5.91 Å². The van der Waals surface area contributed by atoms with Gasteiger partial charge in [-0.3, -0.25) is 4.79 Å². The largest absolute Gasteiger partial charge is 0.496 e. The number of hydrogen-bond donors (Lipinski definition) is 2. The van der Waals surface area contributed by atoms with Crippen LogP contribution in [-0.2, 0) is 0 Å². The molecule has 0 aliphatic rings. The highest BCUT2D eigenvalue weighted by molar-refractivity contribution is 6.05. The number of carbonyl (C=O) groups excluding carboxylic acids is 1. The summed E-state index contributed by atoms with van der Waals surface area (Å²) in [5.41, 5.74) is 3.62. The third-order valence-corrected chi connectivity index (χ3v) is 4.22. The first-order valence-electron chi connectivity index (χ1n) is 8.85. The fourth-order valence-corrected chi connectivity index (χ4v) is 2.83. The molecule has 1 amide bonds. The minimum Gasteiger partial charge on any atom is -0.496 e. The smallest absolute Gasteiger partial charge is 0.260 e. The molecular weight excluding hydrogens is 338 g/mol. The molecule has 27 heavy (non-hydrogen) atoms. The highest BCUT2D eigenvalue weighted by Gasteiger charge is 2.12. The molecular formula is C22H23N3O2. The highest BCUT2D eigenvalue weighted by Crippen LogP contribution is 2.27. The summed E-state index contributed by atoms with van der Waals surface area (Å²) in [4.78, 5) is 16.8. The average Bonchev–Trinajstić information content (AvgIpc) is 2.69. The van der Waals surface area contributed by atoms with Crippen LogP contribution in [-0.4, -0.2) is 18.0 Å². The molecule has 0 unspecified atom stereocenters. The molecule has 5 nitrogen and oxygen atoms in total. The minimum absolute atomic E-state index is 0.259. The second-order valence-corrected chi connectivity index (χ2v) is 6.45. The molecule has 0 saturated carbocycles. The molecule has 0 bridgehead atoms.